The van der Waals surface area contributed by atoms with Crippen molar-refractivity contribution in [2.75, 3.05) is 31.1 Å². The molecule has 0 aromatic carbocycles. The predicted molar refractivity (Wildman–Crippen MR) is 101 cm³/mol. The Morgan fingerprint density at radius 3 is 2.96 bits per heavy atom. The highest BCUT2D eigenvalue weighted by molar-refractivity contribution is 7.21. The SMILES string of the molecule is CC(C)OCCCNC(=O)C1CCN(c2nc3cccnc3s2)CC1. The van der Waals surface area contributed by atoms with Crippen LogP contribution in [0, 0.1) is 5.92 Å². The molecule has 25 heavy (non-hydrogen) atoms. The van der Waals surface area contributed by atoms with Gasteiger partial charge in [-0.15, -0.1) is 0 Å². The van der Waals surface area contributed by atoms with Gasteiger partial charge in [0.05, 0.1) is 6.10 Å². The number of carbonyl (C=O) groups excluding carboxylic acids is 1. The molecule has 1 fully saturated rings. The number of fused-ring (bicyclic) bond motifs is 1. The lowest BCUT2D eigenvalue weighted by atomic mass is 9.96. The molecule has 0 saturated carbocycles. The zero-order chi connectivity index (χ0) is 17.6. The third kappa shape index (κ3) is 4.89. The van der Waals surface area contributed by atoms with Crippen LogP contribution in [-0.2, 0) is 9.53 Å². The Labute approximate surface area is 152 Å². The van der Waals surface area contributed by atoms with Crippen LogP contribution >= 0.6 is 11.3 Å². The van der Waals surface area contributed by atoms with Gasteiger partial charge in [0, 0.05) is 38.4 Å². The maximum absolute atomic E-state index is 12.3. The number of anilines is 1. The van der Waals surface area contributed by atoms with E-state index in [0.29, 0.717) is 13.2 Å². The summed E-state index contributed by atoms with van der Waals surface area (Å²) in [6, 6.07) is 3.90. The quantitative estimate of drug-likeness (QED) is 0.767. The lowest BCUT2D eigenvalue weighted by Gasteiger charge is -2.31. The summed E-state index contributed by atoms with van der Waals surface area (Å²) in [5, 5.41) is 4.05. The smallest absolute Gasteiger partial charge is 0.223 e. The molecule has 0 bridgehead atoms. The molecule has 3 rings (SSSR count). The molecule has 1 aliphatic rings. The zero-order valence-electron chi connectivity index (χ0n) is 14.9. The fourth-order valence-electron chi connectivity index (χ4n) is 2.97. The molecular formula is C18H26N4O2S. The third-order valence-corrected chi connectivity index (χ3v) is 5.40. The number of piperidine rings is 1. The molecule has 0 radical (unpaired) electrons. The van der Waals surface area contributed by atoms with Crippen molar-refractivity contribution in [3.63, 3.8) is 0 Å². The van der Waals surface area contributed by atoms with E-state index < -0.39 is 0 Å². The van der Waals surface area contributed by atoms with Crippen LogP contribution in [0.15, 0.2) is 18.3 Å². The molecule has 136 valence electrons. The van der Waals surface area contributed by atoms with Gasteiger partial charge < -0.3 is 15.0 Å². The molecule has 2 aromatic rings. The predicted octanol–water partition coefficient (Wildman–Crippen LogP) is 2.84. The Morgan fingerprint density at radius 2 is 2.24 bits per heavy atom. The summed E-state index contributed by atoms with van der Waals surface area (Å²) >= 11 is 1.62. The fourth-order valence-corrected chi connectivity index (χ4v) is 3.93. The second-order valence-corrected chi connectivity index (χ2v) is 7.61. The summed E-state index contributed by atoms with van der Waals surface area (Å²) in [5.41, 5.74) is 0.950. The van der Waals surface area contributed by atoms with Crippen LogP contribution in [0.1, 0.15) is 33.1 Å². The van der Waals surface area contributed by atoms with Crippen molar-refractivity contribution in [2.24, 2.45) is 5.92 Å². The Balaban J connectivity index is 1.42. The second kappa shape index (κ2) is 8.58. The first-order valence-electron chi connectivity index (χ1n) is 8.99. The molecular weight excluding hydrogens is 336 g/mol. The summed E-state index contributed by atoms with van der Waals surface area (Å²) in [5.74, 6) is 0.282. The lowest BCUT2D eigenvalue weighted by molar-refractivity contribution is -0.125. The first-order chi connectivity index (χ1) is 12.1. The van der Waals surface area contributed by atoms with Gasteiger partial charge in [-0.25, -0.2) is 9.97 Å². The van der Waals surface area contributed by atoms with Gasteiger partial charge in [-0.2, -0.15) is 0 Å². The van der Waals surface area contributed by atoms with Crippen LogP contribution in [0.5, 0.6) is 0 Å². The number of hydrogen-bond donors (Lipinski definition) is 1. The van der Waals surface area contributed by atoms with Gasteiger partial charge in [0.25, 0.3) is 0 Å². The van der Waals surface area contributed by atoms with Gasteiger partial charge in [0.1, 0.15) is 10.3 Å². The van der Waals surface area contributed by atoms with Gasteiger partial charge in [-0.1, -0.05) is 11.3 Å². The normalized spacial score (nSPS) is 15.9. The molecule has 1 N–H and O–H groups in total. The molecule has 1 amide bonds. The largest absolute Gasteiger partial charge is 0.379 e. The number of nitrogens with zero attached hydrogens (tertiary/aromatic N) is 3. The van der Waals surface area contributed by atoms with Crippen molar-refractivity contribution < 1.29 is 9.53 Å². The van der Waals surface area contributed by atoms with Crippen molar-refractivity contribution in [3.05, 3.63) is 18.3 Å². The molecule has 0 atom stereocenters. The Hall–Kier alpha value is -1.73. The molecule has 0 unspecified atom stereocenters. The Morgan fingerprint density at radius 1 is 1.44 bits per heavy atom. The van der Waals surface area contributed by atoms with Crippen LogP contribution in [-0.4, -0.2) is 48.2 Å². The molecule has 2 aromatic heterocycles. The van der Waals surface area contributed by atoms with E-state index in [9.17, 15) is 4.79 Å². The molecule has 0 aliphatic carbocycles. The highest BCUT2D eigenvalue weighted by Crippen LogP contribution is 2.30. The van der Waals surface area contributed by atoms with Crippen LogP contribution in [0.4, 0.5) is 5.13 Å². The van der Waals surface area contributed by atoms with Crippen molar-refractivity contribution >= 4 is 32.7 Å². The number of pyridine rings is 1. The van der Waals surface area contributed by atoms with Crippen molar-refractivity contribution in [3.8, 4) is 0 Å². The molecule has 6 nitrogen and oxygen atoms in total. The van der Waals surface area contributed by atoms with Crippen LogP contribution in [0.3, 0.4) is 0 Å². The first-order valence-corrected chi connectivity index (χ1v) is 9.81. The molecule has 7 heteroatoms. The van der Waals surface area contributed by atoms with Crippen molar-refractivity contribution in [1.82, 2.24) is 15.3 Å². The van der Waals surface area contributed by atoms with Crippen LogP contribution < -0.4 is 10.2 Å². The van der Waals surface area contributed by atoms with E-state index in [1.807, 2.05) is 26.0 Å². The topological polar surface area (TPSA) is 67.3 Å². The fraction of sp³-hybridized carbons (Fsp3) is 0.611. The van der Waals surface area contributed by atoms with Gasteiger partial charge >= 0.3 is 0 Å². The average Bonchev–Trinajstić information content (AvgIpc) is 3.05. The maximum atomic E-state index is 12.3. The van der Waals surface area contributed by atoms with Crippen LogP contribution in [0.2, 0.25) is 0 Å². The molecule has 1 aliphatic heterocycles. The van der Waals surface area contributed by atoms with Crippen LogP contribution in [0.25, 0.3) is 10.3 Å². The number of aromatic nitrogens is 2. The van der Waals surface area contributed by atoms with Gasteiger partial charge in [-0.3, -0.25) is 4.79 Å². The summed E-state index contributed by atoms with van der Waals surface area (Å²) in [6.45, 7) is 7.17. The zero-order valence-corrected chi connectivity index (χ0v) is 15.7. The summed E-state index contributed by atoms with van der Waals surface area (Å²) in [4.78, 5) is 24.5. The number of amides is 1. The molecule has 1 saturated heterocycles. The average molecular weight is 362 g/mol. The number of thiazole rings is 1. The number of carbonyl (C=O) groups is 1. The Kier molecular flexibility index (Phi) is 6.20. The van der Waals surface area contributed by atoms with Crippen molar-refractivity contribution in [1.29, 1.82) is 0 Å². The van der Waals surface area contributed by atoms with E-state index in [4.69, 9.17) is 4.74 Å². The van der Waals surface area contributed by atoms with Gasteiger partial charge in [0.15, 0.2) is 5.13 Å². The van der Waals surface area contributed by atoms with E-state index >= 15 is 0 Å². The lowest BCUT2D eigenvalue weighted by Crippen LogP contribution is -2.40. The summed E-state index contributed by atoms with van der Waals surface area (Å²) in [7, 11) is 0. The van der Waals surface area contributed by atoms with E-state index in [-0.39, 0.29) is 17.9 Å². The van der Waals surface area contributed by atoms with Gasteiger partial charge in [-0.05, 0) is 45.2 Å². The van der Waals surface area contributed by atoms with E-state index in [1.165, 1.54) is 0 Å². The maximum Gasteiger partial charge on any atom is 0.223 e. The minimum atomic E-state index is 0.106. The van der Waals surface area contributed by atoms with E-state index in [2.05, 4.69) is 20.2 Å². The van der Waals surface area contributed by atoms with Gasteiger partial charge in [0.2, 0.25) is 5.91 Å². The monoisotopic (exact) mass is 362 g/mol. The second-order valence-electron chi connectivity index (χ2n) is 6.65. The number of hydrogen-bond acceptors (Lipinski definition) is 6. The highest BCUT2D eigenvalue weighted by atomic mass is 32.1. The summed E-state index contributed by atoms with van der Waals surface area (Å²) < 4.78 is 5.49. The van der Waals surface area contributed by atoms with E-state index in [0.717, 1.165) is 47.8 Å². The molecule has 3 heterocycles. The highest BCUT2D eigenvalue weighted by Gasteiger charge is 2.26. The number of rotatable bonds is 7. The van der Waals surface area contributed by atoms with Crippen molar-refractivity contribution in [2.45, 2.75) is 39.2 Å². The van der Waals surface area contributed by atoms with E-state index in [1.54, 1.807) is 17.5 Å². The minimum Gasteiger partial charge on any atom is -0.379 e. The summed E-state index contributed by atoms with van der Waals surface area (Å²) in [6.07, 6.45) is 4.65. The molecule has 0 spiro atoms. The first kappa shape index (κ1) is 18.1. The number of nitrogens with one attached hydrogen (secondary N) is 1. The number of ether oxygens (including phenoxy) is 1. The minimum absolute atomic E-state index is 0.106. The third-order valence-electron chi connectivity index (χ3n) is 4.36. The Bertz CT molecular complexity index is 662. The standard InChI is InChI=1S/C18H26N4O2S/c1-13(2)24-12-4-9-19-16(23)14-6-10-22(11-7-14)18-21-15-5-3-8-20-17(15)25-18/h3,5,8,13-14H,4,6-7,9-12H2,1-2H3,(H,19,23).